The number of carbonyl (C=O) groups is 1. The number of primary amides is 1. The molecule has 4 aromatic rings. The van der Waals surface area contributed by atoms with Crippen molar-refractivity contribution < 1.29 is 4.79 Å². The summed E-state index contributed by atoms with van der Waals surface area (Å²) in [4.78, 5) is 22.2. The molecule has 1 aliphatic heterocycles. The zero-order valence-electron chi connectivity index (χ0n) is 16.2. The molecule has 150 valence electrons. The molecule has 30 heavy (non-hydrogen) atoms. The van der Waals surface area contributed by atoms with Crippen LogP contribution in [0.2, 0.25) is 0 Å². The van der Waals surface area contributed by atoms with E-state index in [-0.39, 0.29) is 0 Å². The molecule has 0 aliphatic carbocycles. The maximum atomic E-state index is 11.8. The Morgan fingerprint density at radius 1 is 1.13 bits per heavy atom. The van der Waals surface area contributed by atoms with Gasteiger partial charge in [0.05, 0.1) is 11.1 Å². The number of anilines is 2. The second-order valence-electron chi connectivity index (χ2n) is 7.17. The fraction of sp³-hybridized carbons (Fsp3) is 0.182. The Balaban J connectivity index is 1.58. The summed E-state index contributed by atoms with van der Waals surface area (Å²) < 4.78 is 4.47. The average molecular weight is 417 g/mol. The highest BCUT2D eigenvalue weighted by molar-refractivity contribution is 7.11. The Morgan fingerprint density at radius 2 is 2.00 bits per heavy atom. The molecule has 0 unspecified atom stereocenters. The fourth-order valence-electron chi connectivity index (χ4n) is 3.69. The van der Waals surface area contributed by atoms with Crippen LogP contribution in [0.15, 0.2) is 48.5 Å². The summed E-state index contributed by atoms with van der Waals surface area (Å²) in [7, 11) is 0. The van der Waals surface area contributed by atoms with Gasteiger partial charge in [0.25, 0.3) is 5.91 Å². The summed E-state index contributed by atoms with van der Waals surface area (Å²) in [5.74, 6) is 1.79. The summed E-state index contributed by atoms with van der Waals surface area (Å²) >= 11 is 1.28. The third-order valence-corrected chi connectivity index (χ3v) is 6.04. The lowest BCUT2D eigenvalue weighted by atomic mass is 10.1. The summed E-state index contributed by atoms with van der Waals surface area (Å²) in [6, 6.07) is 15.7. The van der Waals surface area contributed by atoms with Crippen molar-refractivity contribution >= 4 is 40.0 Å². The van der Waals surface area contributed by atoms with Gasteiger partial charge in [-0.15, -0.1) is 0 Å². The molecule has 3 heterocycles. The van der Waals surface area contributed by atoms with E-state index in [1.165, 1.54) is 17.1 Å². The maximum Gasteiger partial charge on any atom is 0.250 e. The van der Waals surface area contributed by atoms with Crippen LogP contribution in [0.4, 0.5) is 11.6 Å². The van der Waals surface area contributed by atoms with Gasteiger partial charge in [0.15, 0.2) is 5.82 Å². The molecule has 5 rings (SSSR count). The SMILES string of the molecule is NC(=O)c1cccc2c(-c3nc4c(c(NCc5ccccc5)n3)CCCN4)snc12. The van der Waals surface area contributed by atoms with Crippen LogP contribution < -0.4 is 16.4 Å². The number of hydrogen-bond donors (Lipinski definition) is 3. The van der Waals surface area contributed by atoms with E-state index in [1.54, 1.807) is 6.07 Å². The highest BCUT2D eigenvalue weighted by atomic mass is 32.1. The molecule has 0 radical (unpaired) electrons. The van der Waals surface area contributed by atoms with Crippen LogP contribution in [0, 0.1) is 0 Å². The largest absolute Gasteiger partial charge is 0.370 e. The fourth-order valence-corrected chi connectivity index (χ4v) is 4.51. The van der Waals surface area contributed by atoms with Gasteiger partial charge in [-0.05, 0) is 36.0 Å². The molecule has 0 saturated carbocycles. The summed E-state index contributed by atoms with van der Waals surface area (Å²) in [5, 5.41) is 7.72. The third kappa shape index (κ3) is 3.35. The number of aromatic nitrogens is 3. The first-order chi connectivity index (χ1) is 14.7. The van der Waals surface area contributed by atoms with Crippen LogP contribution in [0.1, 0.15) is 27.9 Å². The van der Waals surface area contributed by atoms with Gasteiger partial charge in [0.1, 0.15) is 16.5 Å². The van der Waals surface area contributed by atoms with Crippen LogP contribution >= 0.6 is 11.5 Å². The second-order valence-corrected chi connectivity index (χ2v) is 7.94. The number of nitrogens with one attached hydrogen (secondary N) is 2. The molecule has 7 nitrogen and oxygen atoms in total. The molecule has 4 N–H and O–H groups in total. The third-order valence-electron chi connectivity index (χ3n) is 5.18. The van der Waals surface area contributed by atoms with Gasteiger partial charge in [-0.3, -0.25) is 4.79 Å². The van der Waals surface area contributed by atoms with E-state index in [4.69, 9.17) is 15.7 Å². The van der Waals surface area contributed by atoms with Gasteiger partial charge in [-0.1, -0.05) is 42.5 Å². The van der Waals surface area contributed by atoms with Crippen molar-refractivity contribution in [2.75, 3.05) is 17.2 Å². The average Bonchev–Trinajstić information content (AvgIpc) is 3.22. The van der Waals surface area contributed by atoms with Crippen molar-refractivity contribution in [2.24, 2.45) is 5.73 Å². The van der Waals surface area contributed by atoms with Crippen LogP contribution in [0.25, 0.3) is 21.6 Å². The van der Waals surface area contributed by atoms with Crippen molar-refractivity contribution in [1.82, 2.24) is 14.3 Å². The lowest BCUT2D eigenvalue weighted by Crippen LogP contribution is -2.17. The Bertz CT molecular complexity index is 1240. The number of fused-ring (bicyclic) bond motifs is 2. The van der Waals surface area contributed by atoms with Crippen molar-refractivity contribution in [3.8, 4) is 10.7 Å². The van der Waals surface area contributed by atoms with Crippen molar-refractivity contribution in [2.45, 2.75) is 19.4 Å². The van der Waals surface area contributed by atoms with Crippen molar-refractivity contribution in [3.63, 3.8) is 0 Å². The summed E-state index contributed by atoms with van der Waals surface area (Å²) in [6.45, 7) is 1.57. The standard InChI is InChI=1S/C22H20N6OS/c23-19(29)15-9-4-8-14-17(15)28-30-18(14)22-26-20-16(10-5-11-24-20)21(27-22)25-12-13-6-2-1-3-7-13/h1-4,6-9H,5,10-12H2,(H2,23,29)(H2,24,25,26,27). The van der Waals surface area contributed by atoms with Crippen molar-refractivity contribution in [1.29, 1.82) is 0 Å². The molecule has 0 spiro atoms. The maximum absolute atomic E-state index is 11.8. The first-order valence-electron chi connectivity index (χ1n) is 9.82. The van der Waals surface area contributed by atoms with Gasteiger partial charge in [0.2, 0.25) is 0 Å². The minimum absolute atomic E-state index is 0.411. The molecule has 1 amide bonds. The summed E-state index contributed by atoms with van der Waals surface area (Å²) in [6.07, 6.45) is 1.97. The number of benzene rings is 2. The Labute approximate surface area is 177 Å². The molecule has 8 heteroatoms. The lowest BCUT2D eigenvalue weighted by Gasteiger charge is -2.21. The molecule has 2 aromatic heterocycles. The normalized spacial score (nSPS) is 12.9. The predicted molar refractivity (Wildman–Crippen MR) is 120 cm³/mol. The van der Waals surface area contributed by atoms with E-state index in [1.807, 2.05) is 30.3 Å². The van der Waals surface area contributed by atoms with E-state index in [2.05, 4.69) is 27.1 Å². The van der Waals surface area contributed by atoms with Gasteiger partial charge in [-0.2, -0.15) is 4.37 Å². The minimum Gasteiger partial charge on any atom is -0.370 e. The zero-order valence-corrected chi connectivity index (χ0v) is 17.0. The highest BCUT2D eigenvalue weighted by Gasteiger charge is 2.21. The van der Waals surface area contributed by atoms with Crippen LogP contribution in [0.5, 0.6) is 0 Å². The zero-order chi connectivity index (χ0) is 20.5. The van der Waals surface area contributed by atoms with Gasteiger partial charge in [-0.25, -0.2) is 9.97 Å². The number of hydrogen-bond acceptors (Lipinski definition) is 7. The first-order valence-corrected chi connectivity index (χ1v) is 10.6. The van der Waals surface area contributed by atoms with E-state index < -0.39 is 5.91 Å². The topological polar surface area (TPSA) is 106 Å². The van der Waals surface area contributed by atoms with Crippen LogP contribution in [0.3, 0.4) is 0 Å². The van der Waals surface area contributed by atoms with Crippen LogP contribution in [-0.2, 0) is 13.0 Å². The van der Waals surface area contributed by atoms with E-state index in [0.29, 0.717) is 23.4 Å². The predicted octanol–water partition coefficient (Wildman–Crippen LogP) is 3.82. The lowest BCUT2D eigenvalue weighted by molar-refractivity contribution is 0.100. The monoisotopic (exact) mass is 416 g/mol. The van der Waals surface area contributed by atoms with E-state index in [9.17, 15) is 4.79 Å². The number of carbonyl (C=O) groups excluding carboxylic acids is 1. The Morgan fingerprint density at radius 3 is 2.83 bits per heavy atom. The van der Waals surface area contributed by atoms with E-state index in [0.717, 1.165) is 46.8 Å². The molecule has 1 aliphatic rings. The Hall–Kier alpha value is -3.52. The molecule has 0 atom stereocenters. The quantitative estimate of drug-likeness (QED) is 0.457. The Kier molecular flexibility index (Phi) is 4.76. The minimum atomic E-state index is -0.490. The number of nitrogens with two attached hydrogens (primary N) is 1. The number of rotatable bonds is 5. The van der Waals surface area contributed by atoms with Crippen LogP contribution in [-0.4, -0.2) is 26.8 Å². The molecule has 2 aromatic carbocycles. The number of amides is 1. The molecule has 0 bridgehead atoms. The van der Waals surface area contributed by atoms with E-state index >= 15 is 0 Å². The molecular weight excluding hydrogens is 396 g/mol. The smallest absolute Gasteiger partial charge is 0.250 e. The first kappa shape index (κ1) is 18.5. The molecular formula is C22H20N6OS. The summed E-state index contributed by atoms with van der Waals surface area (Å²) in [5.41, 5.74) is 8.81. The molecule has 0 fully saturated rings. The molecule has 0 saturated heterocycles. The van der Waals surface area contributed by atoms with Gasteiger partial charge >= 0.3 is 0 Å². The van der Waals surface area contributed by atoms with Gasteiger partial charge < -0.3 is 16.4 Å². The van der Waals surface area contributed by atoms with Crippen molar-refractivity contribution in [3.05, 3.63) is 65.2 Å². The second kappa shape index (κ2) is 7.72. The highest BCUT2D eigenvalue weighted by Crippen LogP contribution is 2.35. The van der Waals surface area contributed by atoms with Gasteiger partial charge in [0, 0.05) is 24.0 Å². The number of nitrogens with zero attached hydrogens (tertiary/aromatic N) is 3.